The molecule has 3 aromatic rings. The van der Waals surface area contributed by atoms with Gasteiger partial charge in [0.2, 0.25) is 0 Å². The van der Waals surface area contributed by atoms with Gasteiger partial charge in [-0.2, -0.15) is 0 Å². The van der Waals surface area contributed by atoms with Gasteiger partial charge in [0.1, 0.15) is 15.5 Å². The minimum atomic E-state index is -1.14. The lowest BCUT2D eigenvalue weighted by molar-refractivity contribution is -0.143. The van der Waals surface area contributed by atoms with E-state index in [9.17, 15) is 14.7 Å². The lowest BCUT2D eigenvalue weighted by atomic mass is 10.2. The van der Waals surface area contributed by atoms with E-state index in [0.29, 0.717) is 43.9 Å². The number of carbonyl (C=O) groups excluding carboxylic acids is 2. The molecule has 150 valence electrons. The highest BCUT2D eigenvalue weighted by molar-refractivity contribution is 7.16. The molecule has 7 nitrogen and oxygen atoms in total. The Kier molecular flexibility index (Phi) is 4.22. The van der Waals surface area contributed by atoms with E-state index >= 15 is 0 Å². The van der Waals surface area contributed by atoms with Gasteiger partial charge in [-0.25, -0.2) is 4.98 Å². The van der Waals surface area contributed by atoms with Crippen LogP contribution in [0, 0.1) is 0 Å². The Balaban J connectivity index is 1.27. The maximum atomic E-state index is 12.9. The number of piperazine rings is 1. The lowest BCUT2D eigenvalue weighted by Crippen LogP contribution is -2.53. The molecule has 1 aromatic carbocycles. The van der Waals surface area contributed by atoms with Crippen molar-refractivity contribution in [3.05, 3.63) is 41.5 Å². The molecule has 29 heavy (non-hydrogen) atoms. The summed E-state index contributed by atoms with van der Waals surface area (Å²) in [6, 6.07) is 8.26. The molecule has 1 saturated carbocycles. The number of hydrogen-bond donors (Lipinski definition) is 1. The molecular weight excluding hydrogens is 388 g/mol. The fourth-order valence-corrected chi connectivity index (χ4v) is 4.70. The molecule has 0 bridgehead atoms. The van der Waals surface area contributed by atoms with E-state index in [1.807, 2.05) is 19.3 Å². The van der Waals surface area contributed by atoms with Gasteiger partial charge in [-0.05, 0) is 37.1 Å². The molecule has 3 heterocycles. The van der Waals surface area contributed by atoms with Crippen molar-refractivity contribution in [1.82, 2.24) is 19.4 Å². The summed E-state index contributed by atoms with van der Waals surface area (Å²) in [4.78, 5) is 33.6. The van der Waals surface area contributed by atoms with Gasteiger partial charge in [0.05, 0.1) is 6.20 Å². The Bertz CT molecular complexity index is 1110. The Morgan fingerprint density at radius 2 is 1.83 bits per heavy atom. The number of carbonyl (C=O) groups is 2. The molecule has 1 saturated heterocycles. The van der Waals surface area contributed by atoms with Gasteiger partial charge in [0.15, 0.2) is 0 Å². The third-order valence-electron chi connectivity index (χ3n) is 5.82. The highest BCUT2D eigenvalue weighted by Gasteiger charge is 2.50. The minimum absolute atomic E-state index is 0.0493. The van der Waals surface area contributed by atoms with Gasteiger partial charge in [-0.3, -0.25) is 9.59 Å². The predicted octanol–water partition coefficient (Wildman–Crippen LogP) is 2.11. The molecule has 2 amide bonds. The van der Waals surface area contributed by atoms with Crippen molar-refractivity contribution in [2.24, 2.45) is 7.05 Å². The van der Waals surface area contributed by atoms with Crippen LogP contribution in [-0.2, 0) is 11.8 Å². The van der Waals surface area contributed by atoms with Crippen LogP contribution >= 0.6 is 11.3 Å². The normalized spacial score (nSPS) is 18.3. The third-order valence-corrected chi connectivity index (χ3v) is 6.86. The van der Waals surface area contributed by atoms with Crippen molar-refractivity contribution < 1.29 is 14.7 Å². The average molecular weight is 410 g/mol. The summed E-state index contributed by atoms with van der Waals surface area (Å²) in [7, 11) is 2.01. The van der Waals surface area contributed by atoms with Crippen LogP contribution in [0.2, 0.25) is 0 Å². The Hall–Kier alpha value is -2.71. The van der Waals surface area contributed by atoms with Gasteiger partial charge >= 0.3 is 0 Å². The molecule has 2 aromatic heterocycles. The Morgan fingerprint density at radius 3 is 2.55 bits per heavy atom. The topological polar surface area (TPSA) is 78.7 Å². The fraction of sp³-hybridized carbons (Fsp3) is 0.381. The number of amides is 2. The quantitative estimate of drug-likeness (QED) is 0.717. The second-order valence-electron chi connectivity index (χ2n) is 7.85. The minimum Gasteiger partial charge on any atom is -0.380 e. The summed E-state index contributed by atoms with van der Waals surface area (Å²) in [5.74, 6) is -0.243. The molecule has 8 heteroatoms. The first-order valence-corrected chi connectivity index (χ1v) is 10.6. The smallest absolute Gasteiger partial charge is 0.265 e. The maximum Gasteiger partial charge on any atom is 0.265 e. The summed E-state index contributed by atoms with van der Waals surface area (Å²) in [6.07, 6.45) is 4.76. The number of thiazole rings is 1. The molecule has 0 radical (unpaired) electrons. The number of benzene rings is 1. The van der Waals surface area contributed by atoms with Crippen molar-refractivity contribution in [3.8, 4) is 10.6 Å². The lowest BCUT2D eigenvalue weighted by Gasteiger charge is -2.35. The van der Waals surface area contributed by atoms with Crippen molar-refractivity contribution in [2.75, 3.05) is 26.2 Å². The Morgan fingerprint density at radius 1 is 1.10 bits per heavy atom. The van der Waals surface area contributed by atoms with Crippen molar-refractivity contribution in [3.63, 3.8) is 0 Å². The molecular formula is C21H22N4O3S. The zero-order valence-corrected chi connectivity index (χ0v) is 17.0. The number of rotatable bonds is 3. The first kappa shape index (κ1) is 18.3. The largest absolute Gasteiger partial charge is 0.380 e. The van der Waals surface area contributed by atoms with E-state index in [1.54, 1.807) is 16.0 Å². The van der Waals surface area contributed by atoms with E-state index in [4.69, 9.17) is 0 Å². The van der Waals surface area contributed by atoms with E-state index in [0.717, 1.165) is 21.5 Å². The van der Waals surface area contributed by atoms with E-state index in [1.165, 1.54) is 11.3 Å². The molecule has 1 aliphatic heterocycles. The summed E-state index contributed by atoms with van der Waals surface area (Å²) in [5, 5.41) is 12.0. The van der Waals surface area contributed by atoms with Crippen LogP contribution in [0.5, 0.6) is 0 Å². The van der Waals surface area contributed by atoms with Crippen LogP contribution in [-0.4, -0.2) is 68.1 Å². The first-order chi connectivity index (χ1) is 13.9. The predicted molar refractivity (Wildman–Crippen MR) is 111 cm³/mol. The Labute approximate surface area is 172 Å². The van der Waals surface area contributed by atoms with Gasteiger partial charge in [-0.15, -0.1) is 11.3 Å². The average Bonchev–Trinajstić information content (AvgIpc) is 3.16. The fourth-order valence-electron chi connectivity index (χ4n) is 3.82. The molecule has 5 rings (SSSR count). The standard InChI is InChI=1S/C21H22N4O3S/c1-23-7-4-14-12-15(2-3-16(14)23)18-22-13-17(29-18)19(26)24-8-10-25(11-9-24)20(27)21(28)5-6-21/h2-4,7,12-13,28H,5-6,8-11H2,1H3. The number of aryl methyl sites for hydroxylation is 1. The maximum absolute atomic E-state index is 12.9. The van der Waals surface area contributed by atoms with Crippen LogP contribution in [0.15, 0.2) is 36.7 Å². The number of hydrogen-bond acceptors (Lipinski definition) is 5. The number of aliphatic hydroxyl groups is 1. The molecule has 2 aliphatic rings. The monoisotopic (exact) mass is 410 g/mol. The SMILES string of the molecule is Cn1ccc2cc(-c3ncc(C(=O)N4CCN(C(=O)C5(O)CC5)CC4)s3)ccc21. The first-order valence-electron chi connectivity index (χ1n) is 9.77. The van der Waals surface area contributed by atoms with Crippen molar-refractivity contribution in [2.45, 2.75) is 18.4 Å². The zero-order chi connectivity index (χ0) is 20.2. The highest BCUT2D eigenvalue weighted by atomic mass is 32.1. The van der Waals surface area contributed by atoms with Crippen LogP contribution in [0.25, 0.3) is 21.5 Å². The van der Waals surface area contributed by atoms with E-state index in [2.05, 4.69) is 27.8 Å². The zero-order valence-electron chi connectivity index (χ0n) is 16.2. The summed E-state index contributed by atoms with van der Waals surface area (Å²) in [6.45, 7) is 1.88. The van der Waals surface area contributed by atoms with Gasteiger partial charge < -0.3 is 19.5 Å². The van der Waals surface area contributed by atoms with Gasteiger partial charge in [0.25, 0.3) is 11.8 Å². The van der Waals surface area contributed by atoms with E-state index < -0.39 is 5.60 Å². The summed E-state index contributed by atoms with van der Waals surface area (Å²) < 4.78 is 2.07. The molecule has 1 N–H and O–H groups in total. The van der Waals surface area contributed by atoms with Crippen LogP contribution < -0.4 is 0 Å². The second kappa shape index (κ2) is 6.67. The van der Waals surface area contributed by atoms with Crippen LogP contribution in [0.1, 0.15) is 22.5 Å². The van der Waals surface area contributed by atoms with E-state index in [-0.39, 0.29) is 11.8 Å². The highest BCUT2D eigenvalue weighted by Crippen LogP contribution is 2.37. The van der Waals surface area contributed by atoms with Crippen LogP contribution in [0.4, 0.5) is 0 Å². The molecule has 0 atom stereocenters. The third kappa shape index (κ3) is 3.22. The summed E-state index contributed by atoms with van der Waals surface area (Å²) >= 11 is 1.39. The number of fused-ring (bicyclic) bond motifs is 1. The molecule has 1 aliphatic carbocycles. The molecule has 0 spiro atoms. The summed E-state index contributed by atoms with van der Waals surface area (Å²) in [5.41, 5.74) is 1.02. The molecule has 2 fully saturated rings. The van der Waals surface area contributed by atoms with Crippen LogP contribution in [0.3, 0.4) is 0 Å². The van der Waals surface area contributed by atoms with Crippen molar-refractivity contribution >= 4 is 34.1 Å². The molecule has 0 unspecified atom stereocenters. The number of nitrogens with zero attached hydrogens (tertiary/aromatic N) is 4. The van der Waals surface area contributed by atoms with Gasteiger partial charge in [0, 0.05) is 55.9 Å². The second-order valence-corrected chi connectivity index (χ2v) is 8.88. The number of aromatic nitrogens is 2. The van der Waals surface area contributed by atoms with Gasteiger partial charge in [-0.1, -0.05) is 0 Å². The van der Waals surface area contributed by atoms with Crippen molar-refractivity contribution in [1.29, 1.82) is 0 Å².